The van der Waals surface area contributed by atoms with E-state index in [1.807, 2.05) is 0 Å². The number of nitrogens with zero attached hydrogens (tertiary/aromatic N) is 1. The number of hydrogen-bond donors (Lipinski definition) is 1. The molecule has 0 spiro atoms. The van der Waals surface area contributed by atoms with Crippen LogP contribution >= 0.6 is 15.9 Å². The van der Waals surface area contributed by atoms with Crippen molar-refractivity contribution >= 4 is 15.9 Å². The standard InChI is InChI=1S/C12H15BrN2O/c13-10-3-8-1-2-16-12(8)9(4-10)5-15-6-11(14)7-15/h3-4,11H,1-2,5-7,14H2. The first-order chi connectivity index (χ1) is 7.72. The quantitative estimate of drug-likeness (QED) is 0.894. The summed E-state index contributed by atoms with van der Waals surface area (Å²) in [5.41, 5.74) is 8.40. The Morgan fingerprint density at radius 3 is 3.00 bits per heavy atom. The van der Waals surface area contributed by atoms with Gasteiger partial charge in [-0.1, -0.05) is 15.9 Å². The molecule has 2 aliphatic rings. The highest BCUT2D eigenvalue weighted by Crippen LogP contribution is 2.34. The van der Waals surface area contributed by atoms with Gasteiger partial charge < -0.3 is 10.5 Å². The van der Waals surface area contributed by atoms with Crippen LogP contribution < -0.4 is 10.5 Å². The molecular weight excluding hydrogens is 268 g/mol. The second-order valence-electron chi connectivity index (χ2n) is 4.61. The van der Waals surface area contributed by atoms with Crippen molar-refractivity contribution in [2.45, 2.75) is 19.0 Å². The molecule has 1 aromatic carbocycles. The van der Waals surface area contributed by atoms with Gasteiger partial charge in [0.05, 0.1) is 6.61 Å². The van der Waals surface area contributed by atoms with Crippen LogP contribution in [-0.4, -0.2) is 30.6 Å². The lowest BCUT2D eigenvalue weighted by Crippen LogP contribution is -2.54. The Labute approximate surface area is 104 Å². The number of halogens is 1. The van der Waals surface area contributed by atoms with Gasteiger partial charge in [0, 0.05) is 42.1 Å². The highest BCUT2D eigenvalue weighted by atomic mass is 79.9. The summed E-state index contributed by atoms with van der Waals surface area (Å²) in [4.78, 5) is 2.36. The Hall–Kier alpha value is -0.580. The minimum Gasteiger partial charge on any atom is -0.493 e. The fourth-order valence-corrected chi connectivity index (χ4v) is 3.00. The average molecular weight is 283 g/mol. The lowest BCUT2D eigenvalue weighted by Gasteiger charge is -2.37. The molecule has 0 radical (unpaired) electrons. The van der Waals surface area contributed by atoms with Gasteiger partial charge in [0.25, 0.3) is 0 Å². The number of rotatable bonds is 2. The van der Waals surface area contributed by atoms with Crippen molar-refractivity contribution in [1.82, 2.24) is 4.90 Å². The molecule has 2 aliphatic heterocycles. The molecule has 16 heavy (non-hydrogen) atoms. The summed E-state index contributed by atoms with van der Waals surface area (Å²) in [6.07, 6.45) is 1.03. The lowest BCUT2D eigenvalue weighted by atomic mass is 10.0. The number of benzene rings is 1. The predicted octanol–water partition coefficient (Wildman–Crippen LogP) is 1.53. The van der Waals surface area contributed by atoms with Crippen molar-refractivity contribution in [1.29, 1.82) is 0 Å². The fraction of sp³-hybridized carbons (Fsp3) is 0.500. The number of ether oxygens (including phenoxy) is 1. The van der Waals surface area contributed by atoms with Gasteiger partial charge in [0.1, 0.15) is 5.75 Å². The Bertz CT molecular complexity index is 416. The summed E-state index contributed by atoms with van der Waals surface area (Å²) in [5.74, 6) is 1.10. The van der Waals surface area contributed by atoms with Crippen LogP contribution in [0.3, 0.4) is 0 Å². The third-order valence-electron chi connectivity index (χ3n) is 3.20. The van der Waals surface area contributed by atoms with Gasteiger partial charge in [-0.3, -0.25) is 4.90 Å². The van der Waals surface area contributed by atoms with Gasteiger partial charge in [0.15, 0.2) is 0 Å². The highest BCUT2D eigenvalue weighted by Gasteiger charge is 2.25. The average Bonchev–Trinajstić information content (AvgIpc) is 2.62. The molecule has 4 heteroatoms. The zero-order valence-electron chi connectivity index (χ0n) is 9.08. The van der Waals surface area contributed by atoms with E-state index in [1.54, 1.807) is 0 Å². The Morgan fingerprint density at radius 2 is 2.25 bits per heavy atom. The van der Waals surface area contributed by atoms with Crippen molar-refractivity contribution in [3.8, 4) is 5.75 Å². The third kappa shape index (κ3) is 1.85. The van der Waals surface area contributed by atoms with E-state index in [4.69, 9.17) is 10.5 Å². The normalized spacial score (nSPS) is 20.4. The molecule has 0 atom stereocenters. The fourth-order valence-electron chi connectivity index (χ4n) is 2.44. The summed E-state index contributed by atoms with van der Waals surface area (Å²) in [7, 11) is 0. The van der Waals surface area contributed by atoms with Gasteiger partial charge >= 0.3 is 0 Å². The molecular formula is C12H15BrN2O. The molecule has 1 aromatic rings. The maximum atomic E-state index is 5.78. The van der Waals surface area contributed by atoms with Crippen LogP contribution in [0.1, 0.15) is 11.1 Å². The van der Waals surface area contributed by atoms with Crippen molar-refractivity contribution in [3.05, 3.63) is 27.7 Å². The van der Waals surface area contributed by atoms with Crippen LogP contribution in [0.2, 0.25) is 0 Å². The first-order valence-electron chi connectivity index (χ1n) is 5.64. The summed E-state index contributed by atoms with van der Waals surface area (Å²) >= 11 is 3.56. The molecule has 1 saturated heterocycles. The van der Waals surface area contributed by atoms with Crippen molar-refractivity contribution in [3.63, 3.8) is 0 Å². The van der Waals surface area contributed by atoms with Gasteiger partial charge in [-0.25, -0.2) is 0 Å². The van der Waals surface area contributed by atoms with Gasteiger partial charge in [-0.05, 0) is 17.7 Å². The number of likely N-dealkylation sites (tertiary alicyclic amines) is 1. The minimum absolute atomic E-state index is 0.362. The van der Waals surface area contributed by atoms with Crippen molar-refractivity contribution in [2.24, 2.45) is 5.73 Å². The van der Waals surface area contributed by atoms with E-state index < -0.39 is 0 Å². The van der Waals surface area contributed by atoms with Crippen molar-refractivity contribution in [2.75, 3.05) is 19.7 Å². The van der Waals surface area contributed by atoms with E-state index in [0.29, 0.717) is 6.04 Å². The molecule has 0 bridgehead atoms. The minimum atomic E-state index is 0.362. The summed E-state index contributed by atoms with van der Waals surface area (Å²) in [6, 6.07) is 4.68. The molecule has 3 rings (SSSR count). The molecule has 0 unspecified atom stereocenters. The zero-order valence-corrected chi connectivity index (χ0v) is 10.7. The van der Waals surface area contributed by atoms with Crippen LogP contribution in [0.15, 0.2) is 16.6 Å². The Kier molecular flexibility index (Phi) is 2.65. The summed E-state index contributed by atoms with van der Waals surface area (Å²) < 4.78 is 6.85. The predicted molar refractivity (Wildman–Crippen MR) is 66.6 cm³/mol. The summed E-state index contributed by atoms with van der Waals surface area (Å²) in [5, 5.41) is 0. The topological polar surface area (TPSA) is 38.5 Å². The Morgan fingerprint density at radius 1 is 1.44 bits per heavy atom. The molecule has 2 heterocycles. The SMILES string of the molecule is NC1CN(Cc2cc(Br)cc3c2OCC3)C1. The number of fused-ring (bicyclic) bond motifs is 1. The second-order valence-corrected chi connectivity index (χ2v) is 5.52. The highest BCUT2D eigenvalue weighted by molar-refractivity contribution is 9.10. The number of hydrogen-bond acceptors (Lipinski definition) is 3. The summed E-state index contributed by atoms with van der Waals surface area (Å²) in [6.45, 7) is 3.77. The van der Waals surface area contributed by atoms with E-state index >= 15 is 0 Å². The zero-order chi connectivity index (χ0) is 11.1. The molecule has 86 valence electrons. The van der Waals surface area contributed by atoms with Gasteiger partial charge in [-0.15, -0.1) is 0 Å². The lowest BCUT2D eigenvalue weighted by molar-refractivity contribution is 0.141. The molecule has 3 nitrogen and oxygen atoms in total. The smallest absolute Gasteiger partial charge is 0.127 e. The van der Waals surface area contributed by atoms with E-state index in [-0.39, 0.29) is 0 Å². The van der Waals surface area contributed by atoms with Gasteiger partial charge in [-0.2, -0.15) is 0 Å². The van der Waals surface area contributed by atoms with E-state index in [0.717, 1.165) is 42.9 Å². The van der Waals surface area contributed by atoms with Crippen LogP contribution in [0, 0.1) is 0 Å². The molecule has 0 aliphatic carbocycles. The first-order valence-corrected chi connectivity index (χ1v) is 6.44. The first kappa shape index (κ1) is 10.6. The second kappa shape index (κ2) is 4.02. The van der Waals surface area contributed by atoms with Crippen LogP contribution in [0.25, 0.3) is 0 Å². The largest absolute Gasteiger partial charge is 0.493 e. The number of nitrogens with two attached hydrogens (primary N) is 1. The maximum Gasteiger partial charge on any atom is 0.127 e. The maximum absolute atomic E-state index is 5.78. The van der Waals surface area contributed by atoms with Crippen LogP contribution in [0.5, 0.6) is 5.75 Å². The van der Waals surface area contributed by atoms with Gasteiger partial charge in [0.2, 0.25) is 0 Å². The molecule has 1 fully saturated rings. The molecule has 2 N–H and O–H groups in total. The van der Waals surface area contributed by atoms with Crippen LogP contribution in [0.4, 0.5) is 0 Å². The van der Waals surface area contributed by atoms with E-state index in [1.165, 1.54) is 11.1 Å². The monoisotopic (exact) mass is 282 g/mol. The third-order valence-corrected chi connectivity index (χ3v) is 3.66. The van der Waals surface area contributed by atoms with E-state index in [9.17, 15) is 0 Å². The molecule has 0 aromatic heterocycles. The molecule has 0 amide bonds. The van der Waals surface area contributed by atoms with Crippen molar-refractivity contribution < 1.29 is 4.74 Å². The van der Waals surface area contributed by atoms with E-state index in [2.05, 4.69) is 33.0 Å². The Balaban J connectivity index is 1.83. The molecule has 0 saturated carbocycles. The van der Waals surface area contributed by atoms with Crippen LogP contribution in [-0.2, 0) is 13.0 Å².